The van der Waals surface area contributed by atoms with Gasteiger partial charge >= 0.3 is 0 Å². The molecule has 0 saturated carbocycles. The van der Waals surface area contributed by atoms with Gasteiger partial charge in [-0.3, -0.25) is 4.99 Å². The molecular weight excluding hydrogens is 489 g/mol. The first-order chi connectivity index (χ1) is 12.9. The Hall–Kier alpha value is -1.81. The van der Waals surface area contributed by atoms with Crippen LogP contribution in [0.5, 0.6) is 5.75 Å². The Morgan fingerprint density at radius 2 is 1.82 bits per heavy atom. The summed E-state index contributed by atoms with van der Waals surface area (Å²) in [4.78, 5) is 4.45. The molecule has 0 radical (unpaired) electrons. The minimum absolute atomic E-state index is 0. The van der Waals surface area contributed by atoms with Gasteiger partial charge in [0.25, 0.3) is 0 Å². The number of halogens is 1. The van der Waals surface area contributed by atoms with Crippen LogP contribution < -0.4 is 15.4 Å². The highest BCUT2D eigenvalue weighted by molar-refractivity contribution is 14.0. The zero-order valence-electron chi connectivity index (χ0n) is 16.4. The van der Waals surface area contributed by atoms with Gasteiger partial charge in [-0.2, -0.15) is 0 Å². The van der Waals surface area contributed by atoms with E-state index >= 15 is 0 Å². The first kappa shape index (κ1) is 24.2. The molecule has 0 amide bonds. The average molecular weight is 517 g/mol. The van der Waals surface area contributed by atoms with Gasteiger partial charge in [-0.15, -0.1) is 24.0 Å². The van der Waals surface area contributed by atoms with Crippen LogP contribution in [0.4, 0.5) is 0 Å². The molecule has 0 spiro atoms. The number of rotatable bonds is 8. The molecule has 6 nitrogen and oxygen atoms in total. The van der Waals surface area contributed by atoms with Gasteiger partial charge < -0.3 is 15.4 Å². The zero-order valence-corrected chi connectivity index (χ0v) is 19.5. The Morgan fingerprint density at radius 3 is 2.46 bits per heavy atom. The fourth-order valence-electron chi connectivity index (χ4n) is 2.47. The predicted molar refractivity (Wildman–Crippen MR) is 125 cm³/mol. The molecule has 154 valence electrons. The Bertz CT molecular complexity index is 858. The summed E-state index contributed by atoms with van der Waals surface area (Å²) in [5, 5.41) is 6.18. The van der Waals surface area contributed by atoms with Crippen LogP contribution in [0.3, 0.4) is 0 Å². The predicted octanol–water partition coefficient (Wildman–Crippen LogP) is 3.02. The maximum Gasteiger partial charge on any atom is 0.191 e. The van der Waals surface area contributed by atoms with E-state index in [9.17, 15) is 8.42 Å². The topological polar surface area (TPSA) is 79.8 Å². The molecule has 0 fully saturated rings. The molecule has 2 rings (SSSR count). The van der Waals surface area contributed by atoms with E-state index in [1.807, 2.05) is 38.1 Å². The van der Waals surface area contributed by atoms with Crippen molar-refractivity contribution >= 4 is 39.8 Å². The lowest BCUT2D eigenvalue weighted by Crippen LogP contribution is -2.43. The number of ether oxygens (including phenoxy) is 1. The van der Waals surface area contributed by atoms with Crippen molar-refractivity contribution in [3.05, 3.63) is 60.2 Å². The SMILES string of the molecule is CN=C(NCCS(=O)(=O)c1ccccc1)NCC(C)Oc1cccc(C)c1.I. The van der Waals surface area contributed by atoms with E-state index in [0.717, 1.165) is 11.3 Å². The van der Waals surface area contributed by atoms with Crippen LogP contribution in [0.15, 0.2) is 64.5 Å². The Labute approximate surface area is 184 Å². The lowest BCUT2D eigenvalue weighted by molar-refractivity contribution is 0.223. The fourth-order valence-corrected chi connectivity index (χ4v) is 3.65. The molecule has 0 aromatic heterocycles. The zero-order chi connectivity index (χ0) is 19.7. The highest BCUT2D eigenvalue weighted by atomic mass is 127. The number of nitrogens with one attached hydrogen (secondary N) is 2. The molecule has 8 heteroatoms. The summed E-state index contributed by atoms with van der Waals surface area (Å²) in [5.74, 6) is 1.35. The van der Waals surface area contributed by atoms with Crippen molar-refractivity contribution < 1.29 is 13.2 Å². The third kappa shape index (κ3) is 8.05. The van der Waals surface area contributed by atoms with Gasteiger partial charge in [0.1, 0.15) is 11.9 Å². The van der Waals surface area contributed by atoms with E-state index in [2.05, 4.69) is 15.6 Å². The summed E-state index contributed by atoms with van der Waals surface area (Å²) in [6, 6.07) is 16.3. The number of guanidine groups is 1. The van der Waals surface area contributed by atoms with Crippen LogP contribution in [-0.2, 0) is 9.84 Å². The second kappa shape index (κ2) is 11.9. The quantitative estimate of drug-likeness (QED) is 0.320. The van der Waals surface area contributed by atoms with Gasteiger partial charge in [-0.1, -0.05) is 30.3 Å². The van der Waals surface area contributed by atoms with E-state index < -0.39 is 9.84 Å². The maximum absolute atomic E-state index is 12.3. The standard InChI is InChI=1S/C20H27N3O3S.HI/c1-16-8-7-9-18(14-16)26-17(2)15-23-20(21-3)22-12-13-27(24,25)19-10-5-4-6-11-19;/h4-11,14,17H,12-13,15H2,1-3H3,(H2,21,22,23);1H. The molecule has 1 atom stereocenters. The number of hydrogen-bond donors (Lipinski definition) is 2. The van der Waals surface area contributed by atoms with Gasteiger partial charge in [0.05, 0.1) is 17.2 Å². The van der Waals surface area contributed by atoms with Crippen LogP contribution in [0.2, 0.25) is 0 Å². The summed E-state index contributed by atoms with van der Waals surface area (Å²) < 4.78 is 30.4. The van der Waals surface area contributed by atoms with Crippen molar-refractivity contribution in [1.29, 1.82) is 0 Å². The van der Waals surface area contributed by atoms with Gasteiger partial charge in [0.15, 0.2) is 15.8 Å². The summed E-state index contributed by atoms with van der Waals surface area (Å²) in [7, 11) is -1.66. The van der Waals surface area contributed by atoms with Crippen LogP contribution in [0.1, 0.15) is 12.5 Å². The molecule has 0 aliphatic heterocycles. The van der Waals surface area contributed by atoms with Gasteiger partial charge in [-0.05, 0) is 43.7 Å². The molecule has 0 heterocycles. The summed E-state index contributed by atoms with van der Waals surface area (Å²) in [5.41, 5.74) is 1.14. The van der Waals surface area contributed by atoms with E-state index in [1.165, 1.54) is 0 Å². The number of aryl methyl sites for hydroxylation is 1. The normalized spacial score (nSPS) is 12.6. The largest absolute Gasteiger partial charge is 0.489 e. The first-order valence-corrected chi connectivity index (χ1v) is 10.5. The maximum atomic E-state index is 12.3. The summed E-state index contributed by atoms with van der Waals surface area (Å²) in [6.45, 7) is 4.79. The highest BCUT2D eigenvalue weighted by Crippen LogP contribution is 2.13. The van der Waals surface area contributed by atoms with Crippen molar-refractivity contribution in [3.63, 3.8) is 0 Å². The summed E-state index contributed by atoms with van der Waals surface area (Å²) in [6.07, 6.45) is -0.0709. The van der Waals surface area contributed by atoms with Crippen molar-refractivity contribution in [1.82, 2.24) is 10.6 Å². The molecule has 0 aliphatic carbocycles. The Balaban J connectivity index is 0.00000392. The van der Waals surface area contributed by atoms with Crippen LogP contribution >= 0.6 is 24.0 Å². The molecule has 2 N–H and O–H groups in total. The van der Waals surface area contributed by atoms with Crippen molar-refractivity contribution in [2.45, 2.75) is 24.8 Å². The van der Waals surface area contributed by atoms with Crippen LogP contribution in [0.25, 0.3) is 0 Å². The molecule has 0 saturated heterocycles. The fraction of sp³-hybridized carbons (Fsp3) is 0.350. The smallest absolute Gasteiger partial charge is 0.191 e. The third-order valence-corrected chi connectivity index (χ3v) is 5.60. The Kier molecular flexibility index (Phi) is 10.3. The second-order valence-electron chi connectivity index (χ2n) is 6.26. The van der Waals surface area contributed by atoms with E-state index in [-0.39, 0.29) is 42.4 Å². The molecule has 2 aromatic carbocycles. The van der Waals surface area contributed by atoms with Crippen LogP contribution in [-0.4, -0.2) is 46.4 Å². The van der Waals surface area contributed by atoms with Gasteiger partial charge in [0.2, 0.25) is 0 Å². The molecule has 0 aliphatic rings. The number of sulfone groups is 1. The van der Waals surface area contributed by atoms with Gasteiger partial charge in [0, 0.05) is 13.6 Å². The van der Waals surface area contributed by atoms with Crippen molar-refractivity contribution in [2.75, 3.05) is 25.9 Å². The number of aliphatic imine (C=N–C) groups is 1. The van der Waals surface area contributed by atoms with Crippen molar-refractivity contribution in [2.24, 2.45) is 4.99 Å². The average Bonchev–Trinajstić information content (AvgIpc) is 2.65. The number of benzene rings is 2. The molecular formula is C20H28IN3O3S. The van der Waals surface area contributed by atoms with E-state index in [0.29, 0.717) is 17.4 Å². The lowest BCUT2D eigenvalue weighted by atomic mass is 10.2. The molecule has 2 aromatic rings. The third-order valence-electron chi connectivity index (χ3n) is 3.87. The first-order valence-electron chi connectivity index (χ1n) is 8.86. The molecule has 28 heavy (non-hydrogen) atoms. The number of hydrogen-bond acceptors (Lipinski definition) is 4. The Morgan fingerprint density at radius 1 is 1.11 bits per heavy atom. The molecule has 0 bridgehead atoms. The summed E-state index contributed by atoms with van der Waals surface area (Å²) >= 11 is 0. The second-order valence-corrected chi connectivity index (χ2v) is 8.37. The minimum Gasteiger partial charge on any atom is -0.489 e. The van der Waals surface area contributed by atoms with E-state index in [4.69, 9.17) is 4.74 Å². The highest BCUT2D eigenvalue weighted by Gasteiger charge is 2.13. The minimum atomic E-state index is -3.31. The molecule has 1 unspecified atom stereocenters. The van der Waals surface area contributed by atoms with E-state index in [1.54, 1.807) is 37.4 Å². The van der Waals surface area contributed by atoms with Crippen LogP contribution in [0, 0.1) is 6.92 Å². The van der Waals surface area contributed by atoms with Crippen molar-refractivity contribution in [3.8, 4) is 5.75 Å². The van der Waals surface area contributed by atoms with Gasteiger partial charge in [-0.25, -0.2) is 8.42 Å². The monoisotopic (exact) mass is 517 g/mol. The lowest BCUT2D eigenvalue weighted by Gasteiger charge is -2.18. The number of nitrogens with zero attached hydrogens (tertiary/aromatic N) is 1.